The molecule has 0 saturated heterocycles. The number of carbonyl (C=O) groups excluding carboxylic acids is 1. The number of amides is 1. The number of benzene rings is 1. The minimum absolute atomic E-state index is 0.00743. The molecule has 0 heterocycles. The van der Waals surface area contributed by atoms with Gasteiger partial charge in [0.2, 0.25) is 5.91 Å². The predicted molar refractivity (Wildman–Crippen MR) is 80.5 cm³/mol. The van der Waals surface area contributed by atoms with Crippen LogP contribution in [0.15, 0.2) is 29.2 Å². The Morgan fingerprint density at radius 3 is 2.37 bits per heavy atom. The highest BCUT2D eigenvalue weighted by Crippen LogP contribution is 2.18. The van der Waals surface area contributed by atoms with Gasteiger partial charge in [-0.3, -0.25) is 4.79 Å². The van der Waals surface area contributed by atoms with Crippen molar-refractivity contribution in [3.8, 4) is 0 Å². The largest absolute Gasteiger partial charge is 0.366 e. The molecule has 0 saturated carbocycles. The normalized spacial score (nSPS) is 13.1. The standard InChI is InChI=1S/C15H23NO2S/c1-11(12-6-8-13(19-5)9-7-12)16-14(17)10-18-15(2,3)4/h6-9,11H,10H2,1-5H3,(H,16,17). The Labute approximate surface area is 120 Å². The monoisotopic (exact) mass is 281 g/mol. The van der Waals surface area contributed by atoms with E-state index in [9.17, 15) is 4.79 Å². The quantitative estimate of drug-likeness (QED) is 0.841. The molecule has 0 fully saturated rings. The van der Waals surface area contributed by atoms with E-state index < -0.39 is 0 Å². The Morgan fingerprint density at radius 1 is 1.32 bits per heavy atom. The maximum atomic E-state index is 11.8. The Bertz CT molecular complexity index is 409. The van der Waals surface area contributed by atoms with E-state index >= 15 is 0 Å². The molecule has 0 aliphatic rings. The van der Waals surface area contributed by atoms with Crippen LogP contribution < -0.4 is 5.32 Å². The van der Waals surface area contributed by atoms with Crippen molar-refractivity contribution in [1.82, 2.24) is 5.32 Å². The lowest BCUT2D eigenvalue weighted by Gasteiger charge is -2.20. The molecule has 1 aromatic rings. The van der Waals surface area contributed by atoms with E-state index in [1.807, 2.05) is 46.1 Å². The molecule has 1 atom stereocenters. The summed E-state index contributed by atoms with van der Waals surface area (Å²) in [7, 11) is 0. The Kier molecular flexibility index (Phi) is 5.88. The molecule has 106 valence electrons. The van der Waals surface area contributed by atoms with Crippen LogP contribution in [0.25, 0.3) is 0 Å². The van der Waals surface area contributed by atoms with Crippen LogP contribution in [0.1, 0.15) is 39.3 Å². The highest BCUT2D eigenvalue weighted by Gasteiger charge is 2.14. The second-order valence-corrected chi connectivity index (χ2v) is 6.34. The van der Waals surface area contributed by atoms with E-state index in [0.29, 0.717) is 0 Å². The minimum Gasteiger partial charge on any atom is -0.366 e. The summed E-state index contributed by atoms with van der Waals surface area (Å²) in [5.74, 6) is -0.0867. The summed E-state index contributed by atoms with van der Waals surface area (Å²) < 4.78 is 5.45. The number of hydrogen-bond acceptors (Lipinski definition) is 3. The summed E-state index contributed by atoms with van der Waals surface area (Å²) in [6.45, 7) is 7.88. The van der Waals surface area contributed by atoms with Crippen LogP contribution in [-0.2, 0) is 9.53 Å². The Morgan fingerprint density at radius 2 is 1.89 bits per heavy atom. The Hall–Kier alpha value is -1.00. The maximum Gasteiger partial charge on any atom is 0.246 e. The molecule has 0 aromatic heterocycles. The van der Waals surface area contributed by atoms with Gasteiger partial charge >= 0.3 is 0 Å². The topological polar surface area (TPSA) is 38.3 Å². The first-order valence-corrected chi connectivity index (χ1v) is 7.61. The first-order valence-electron chi connectivity index (χ1n) is 6.39. The van der Waals surface area contributed by atoms with Crippen molar-refractivity contribution in [1.29, 1.82) is 0 Å². The van der Waals surface area contributed by atoms with E-state index in [4.69, 9.17) is 4.74 Å². The molecule has 0 aliphatic carbocycles. The number of hydrogen-bond donors (Lipinski definition) is 1. The summed E-state index contributed by atoms with van der Waals surface area (Å²) in [4.78, 5) is 13.0. The summed E-state index contributed by atoms with van der Waals surface area (Å²) >= 11 is 1.71. The summed E-state index contributed by atoms with van der Waals surface area (Å²) in [5, 5.41) is 2.94. The van der Waals surface area contributed by atoms with Crippen molar-refractivity contribution in [3.05, 3.63) is 29.8 Å². The van der Waals surface area contributed by atoms with Crippen molar-refractivity contribution in [2.75, 3.05) is 12.9 Å². The summed E-state index contributed by atoms with van der Waals surface area (Å²) in [5.41, 5.74) is 0.808. The Balaban J connectivity index is 2.49. The lowest BCUT2D eigenvalue weighted by atomic mass is 10.1. The number of ether oxygens (including phenoxy) is 1. The summed E-state index contributed by atoms with van der Waals surface area (Å²) in [6, 6.07) is 8.21. The van der Waals surface area contributed by atoms with Crippen LogP contribution in [0, 0.1) is 0 Å². The van der Waals surface area contributed by atoms with Crippen molar-refractivity contribution >= 4 is 17.7 Å². The predicted octanol–water partition coefficient (Wildman–Crippen LogP) is 3.40. The zero-order valence-electron chi connectivity index (χ0n) is 12.3. The van der Waals surface area contributed by atoms with Crippen LogP contribution in [0.3, 0.4) is 0 Å². The molecule has 0 aliphatic heterocycles. The second kappa shape index (κ2) is 6.96. The molecule has 3 nitrogen and oxygen atoms in total. The van der Waals surface area contributed by atoms with Gasteiger partial charge in [-0.05, 0) is 51.6 Å². The van der Waals surface area contributed by atoms with Crippen molar-refractivity contribution < 1.29 is 9.53 Å². The highest BCUT2D eigenvalue weighted by atomic mass is 32.2. The number of nitrogens with one attached hydrogen (secondary N) is 1. The van der Waals surface area contributed by atoms with Gasteiger partial charge in [-0.15, -0.1) is 11.8 Å². The molecule has 0 spiro atoms. The first kappa shape index (κ1) is 16.1. The third-order valence-corrected chi connectivity index (χ3v) is 3.37. The fraction of sp³-hybridized carbons (Fsp3) is 0.533. The second-order valence-electron chi connectivity index (χ2n) is 5.46. The molecule has 1 aromatic carbocycles. The molecule has 1 amide bonds. The van der Waals surface area contributed by atoms with Crippen LogP contribution in [0.4, 0.5) is 0 Å². The fourth-order valence-corrected chi connectivity index (χ4v) is 1.95. The van der Waals surface area contributed by atoms with E-state index in [1.165, 1.54) is 4.90 Å². The molecule has 1 rings (SSSR count). The van der Waals surface area contributed by atoms with Crippen LogP contribution in [-0.4, -0.2) is 24.4 Å². The van der Waals surface area contributed by atoms with Crippen molar-refractivity contribution in [2.45, 2.75) is 44.2 Å². The lowest BCUT2D eigenvalue weighted by Crippen LogP contribution is -2.33. The fourth-order valence-electron chi connectivity index (χ4n) is 1.54. The van der Waals surface area contributed by atoms with Crippen LogP contribution in [0.2, 0.25) is 0 Å². The molecule has 0 radical (unpaired) electrons. The highest BCUT2D eigenvalue weighted by molar-refractivity contribution is 7.98. The molecule has 1 unspecified atom stereocenters. The summed E-state index contributed by atoms with van der Waals surface area (Å²) in [6.07, 6.45) is 2.05. The third-order valence-electron chi connectivity index (χ3n) is 2.63. The van der Waals surface area contributed by atoms with E-state index in [-0.39, 0.29) is 24.2 Å². The molecule has 19 heavy (non-hydrogen) atoms. The van der Waals surface area contributed by atoms with Gasteiger partial charge in [0.25, 0.3) is 0 Å². The SMILES string of the molecule is CSc1ccc(C(C)NC(=O)COC(C)(C)C)cc1. The van der Waals surface area contributed by atoms with Gasteiger partial charge in [0.05, 0.1) is 11.6 Å². The average Bonchev–Trinajstić information content (AvgIpc) is 2.35. The molecular formula is C15H23NO2S. The molecule has 1 N–H and O–H groups in total. The minimum atomic E-state index is -0.291. The van der Waals surface area contributed by atoms with Gasteiger partial charge in [0, 0.05) is 4.90 Å². The first-order chi connectivity index (χ1) is 8.81. The van der Waals surface area contributed by atoms with Gasteiger partial charge < -0.3 is 10.1 Å². The van der Waals surface area contributed by atoms with E-state index in [2.05, 4.69) is 17.4 Å². The number of thioether (sulfide) groups is 1. The van der Waals surface area contributed by atoms with Gasteiger partial charge in [0.15, 0.2) is 0 Å². The van der Waals surface area contributed by atoms with Gasteiger partial charge in [-0.25, -0.2) is 0 Å². The lowest BCUT2D eigenvalue weighted by molar-refractivity contribution is -0.131. The van der Waals surface area contributed by atoms with Crippen molar-refractivity contribution in [3.63, 3.8) is 0 Å². The number of rotatable bonds is 5. The van der Waals surface area contributed by atoms with Gasteiger partial charge in [-0.2, -0.15) is 0 Å². The molecule has 0 bridgehead atoms. The van der Waals surface area contributed by atoms with Gasteiger partial charge in [-0.1, -0.05) is 12.1 Å². The van der Waals surface area contributed by atoms with Crippen LogP contribution in [0.5, 0.6) is 0 Å². The smallest absolute Gasteiger partial charge is 0.246 e. The van der Waals surface area contributed by atoms with Crippen LogP contribution >= 0.6 is 11.8 Å². The maximum absolute atomic E-state index is 11.8. The van der Waals surface area contributed by atoms with Gasteiger partial charge in [0.1, 0.15) is 6.61 Å². The third kappa shape index (κ3) is 6.12. The van der Waals surface area contributed by atoms with E-state index in [0.717, 1.165) is 5.56 Å². The molecule has 4 heteroatoms. The molecular weight excluding hydrogens is 258 g/mol. The van der Waals surface area contributed by atoms with Crippen molar-refractivity contribution in [2.24, 2.45) is 0 Å². The average molecular weight is 281 g/mol. The zero-order valence-corrected chi connectivity index (χ0v) is 13.1. The zero-order chi connectivity index (χ0) is 14.5. The number of carbonyl (C=O) groups is 1. The van der Waals surface area contributed by atoms with E-state index in [1.54, 1.807) is 11.8 Å².